The smallest absolute Gasteiger partial charge is 0.309 e. The molecule has 1 aromatic carbocycles. The van der Waals surface area contributed by atoms with Crippen LogP contribution in [0.1, 0.15) is 69.9 Å². The summed E-state index contributed by atoms with van der Waals surface area (Å²) >= 11 is 0. The van der Waals surface area contributed by atoms with Crippen LogP contribution in [0.5, 0.6) is 17.2 Å². The summed E-state index contributed by atoms with van der Waals surface area (Å²) in [5.74, 6) is -0.795. The van der Waals surface area contributed by atoms with Crippen LogP contribution >= 0.6 is 0 Å². The van der Waals surface area contributed by atoms with Crippen molar-refractivity contribution in [2.24, 2.45) is 11.8 Å². The third-order valence-electron chi connectivity index (χ3n) is 5.43. The third kappa shape index (κ3) is 6.94. The van der Waals surface area contributed by atoms with Gasteiger partial charge in [0.05, 0.1) is 19.1 Å². The Bertz CT molecular complexity index is 938. The van der Waals surface area contributed by atoms with Crippen LogP contribution in [0.4, 0.5) is 0 Å². The molecule has 0 radical (unpaired) electrons. The van der Waals surface area contributed by atoms with E-state index in [9.17, 15) is 14.7 Å². The molecule has 0 saturated carbocycles. The largest absolute Gasteiger partial charge is 0.503 e. The van der Waals surface area contributed by atoms with Gasteiger partial charge in [-0.2, -0.15) is 0 Å². The molecule has 0 aliphatic heterocycles. The molecule has 2 rings (SSSR count). The number of hydrogen-bond acceptors (Lipinski definition) is 7. The highest BCUT2D eigenvalue weighted by atomic mass is 16.5. The van der Waals surface area contributed by atoms with E-state index < -0.39 is 23.8 Å². The van der Waals surface area contributed by atoms with Crippen LogP contribution < -0.4 is 9.47 Å². The zero-order chi connectivity index (χ0) is 24.7. The van der Waals surface area contributed by atoms with Crippen molar-refractivity contribution in [3.05, 3.63) is 47.8 Å². The molecule has 2 aromatic rings. The van der Waals surface area contributed by atoms with Crippen LogP contribution in [0.15, 0.2) is 36.5 Å². The Balaban J connectivity index is 2.06. The molecule has 0 aliphatic carbocycles. The maximum atomic E-state index is 12.8. The van der Waals surface area contributed by atoms with Crippen molar-refractivity contribution in [2.75, 3.05) is 7.11 Å². The number of methoxy groups -OCH3 is 1. The fourth-order valence-corrected chi connectivity index (χ4v) is 3.87. The summed E-state index contributed by atoms with van der Waals surface area (Å²) in [7, 11) is 1.39. The maximum absolute atomic E-state index is 12.8. The number of carbonyl (C=O) groups is 2. The van der Waals surface area contributed by atoms with Crippen LogP contribution in [-0.4, -0.2) is 41.2 Å². The van der Waals surface area contributed by atoms with Gasteiger partial charge in [0, 0.05) is 24.6 Å². The molecule has 0 spiro atoms. The van der Waals surface area contributed by atoms with Gasteiger partial charge in [0.2, 0.25) is 0 Å². The third-order valence-corrected chi connectivity index (χ3v) is 5.43. The highest BCUT2D eigenvalue weighted by Crippen LogP contribution is 2.32. The first-order valence-electron chi connectivity index (χ1n) is 11.3. The molecule has 0 unspecified atom stereocenters. The van der Waals surface area contributed by atoms with Gasteiger partial charge in [0.1, 0.15) is 11.9 Å². The predicted octanol–water partition coefficient (Wildman–Crippen LogP) is 5.16. The monoisotopic (exact) mass is 457 g/mol. The SMILES string of the molecule is COc1ccnc(C(=O)C[C@@H](C)C(=O)O[C@@H](C)[C@H](c2ccc(OC(C)C)cc2)C(C)C)c1O. The number of ketones is 1. The molecule has 33 heavy (non-hydrogen) atoms. The molecule has 7 heteroatoms. The molecule has 1 aromatic heterocycles. The Hall–Kier alpha value is -3.09. The number of nitrogens with zero attached hydrogens (tertiary/aromatic N) is 1. The average Bonchev–Trinajstić information content (AvgIpc) is 2.74. The summed E-state index contributed by atoms with van der Waals surface area (Å²) in [5, 5.41) is 10.2. The molecular formula is C26H35NO6. The van der Waals surface area contributed by atoms with Crippen molar-refractivity contribution < 1.29 is 28.9 Å². The Morgan fingerprint density at radius 3 is 2.18 bits per heavy atom. The molecule has 0 fully saturated rings. The Morgan fingerprint density at radius 1 is 1.00 bits per heavy atom. The Kier molecular flexibility index (Phi) is 9.26. The number of esters is 1. The fraction of sp³-hybridized carbons (Fsp3) is 0.500. The average molecular weight is 458 g/mol. The zero-order valence-electron chi connectivity index (χ0n) is 20.5. The summed E-state index contributed by atoms with van der Waals surface area (Å²) in [6.45, 7) is 11.6. The predicted molar refractivity (Wildman–Crippen MR) is 126 cm³/mol. The highest BCUT2D eigenvalue weighted by Gasteiger charge is 2.29. The summed E-state index contributed by atoms with van der Waals surface area (Å²) in [6.07, 6.45) is 0.944. The zero-order valence-corrected chi connectivity index (χ0v) is 20.5. The van der Waals surface area contributed by atoms with Gasteiger partial charge in [-0.1, -0.05) is 32.9 Å². The minimum atomic E-state index is -0.693. The summed E-state index contributed by atoms with van der Waals surface area (Å²) in [4.78, 5) is 29.3. The maximum Gasteiger partial charge on any atom is 0.309 e. The highest BCUT2D eigenvalue weighted by molar-refractivity contribution is 5.99. The lowest BCUT2D eigenvalue weighted by atomic mass is 9.84. The standard InChI is InChI=1S/C26H35NO6/c1-15(2)23(19-8-10-20(11-9-19)32-16(3)4)18(6)33-26(30)17(5)14-21(28)24-25(29)22(31-7)12-13-27-24/h8-13,15-18,23,29H,14H2,1-7H3/t17-,18+,23-/m1/s1. The number of ether oxygens (including phenoxy) is 3. The minimum absolute atomic E-state index is 0.0194. The lowest BCUT2D eigenvalue weighted by Gasteiger charge is -2.29. The van der Waals surface area contributed by atoms with Crippen molar-refractivity contribution in [2.45, 2.75) is 66.1 Å². The summed E-state index contributed by atoms with van der Waals surface area (Å²) in [6, 6.07) is 9.30. The van der Waals surface area contributed by atoms with Crippen molar-refractivity contribution in [3.63, 3.8) is 0 Å². The topological polar surface area (TPSA) is 95.0 Å². The van der Waals surface area contributed by atoms with Crippen LogP contribution in [0.3, 0.4) is 0 Å². The van der Waals surface area contributed by atoms with Crippen molar-refractivity contribution >= 4 is 11.8 Å². The first kappa shape index (κ1) is 26.2. The normalized spacial score (nSPS) is 14.0. The van der Waals surface area contributed by atoms with Gasteiger partial charge >= 0.3 is 5.97 Å². The van der Waals surface area contributed by atoms with Crippen LogP contribution in [0.25, 0.3) is 0 Å². The van der Waals surface area contributed by atoms with Gasteiger partial charge in [-0.05, 0) is 44.4 Å². The first-order chi connectivity index (χ1) is 15.5. The molecule has 0 saturated heterocycles. The van der Waals surface area contributed by atoms with Gasteiger partial charge in [-0.3, -0.25) is 9.59 Å². The van der Waals surface area contributed by atoms with E-state index in [1.165, 1.54) is 19.4 Å². The lowest BCUT2D eigenvalue weighted by Crippen LogP contribution is -2.29. The van der Waals surface area contributed by atoms with E-state index in [4.69, 9.17) is 14.2 Å². The van der Waals surface area contributed by atoms with E-state index in [1.807, 2.05) is 45.0 Å². The van der Waals surface area contributed by atoms with E-state index in [1.54, 1.807) is 6.92 Å². The lowest BCUT2D eigenvalue weighted by molar-refractivity contribution is -0.154. The van der Waals surface area contributed by atoms with E-state index in [0.29, 0.717) is 0 Å². The van der Waals surface area contributed by atoms with Crippen molar-refractivity contribution in [1.29, 1.82) is 0 Å². The van der Waals surface area contributed by atoms with Gasteiger partial charge in [-0.15, -0.1) is 0 Å². The second-order valence-corrected chi connectivity index (χ2v) is 8.89. The molecule has 0 aliphatic rings. The number of benzene rings is 1. The number of Topliss-reactive ketones (excluding diaryl/α,β-unsaturated/α-hetero) is 1. The van der Waals surface area contributed by atoms with Crippen LogP contribution in [0.2, 0.25) is 0 Å². The van der Waals surface area contributed by atoms with Gasteiger partial charge in [0.25, 0.3) is 0 Å². The second kappa shape index (κ2) is 11.7. The molecule has 0 amide bonds. The number of aromatic nitrogens is 1. The van der Waals surface area contributed by atoms with Gasteiger partial charge in [-0.25, -0.2) is 4.98 Å². The van der Waals surface area contributed by atoms with E-state index in [-0.39, 0.29) is 41.6 Å². The minimum Gasteiger partial charge on any atom is -0.503 e. The number of rotatable bonds is 11. The summed E-state index contributed by atoms with van der Waals surface area (Å²) in [5.41, 5.74) is 0.932. The first-order valence-corrected chi connectivity index (χ1v) is 11.3. The molecule has 7 nitrogen and oxygen atoms in total. The van der Waals surface area contributed by atoms with Crippen LogP contribution in [0, 0.1) is 11.8 Å². The molecule has 0 bridgehead atoms. The van der Waals surface area contributed by atoms with Crippen molar-refractivity contribution in [1.82, 2.24) is 4.98 Å². The summed E-state index contributed by atoms with van der Waals surface area (Å²) < 4.78 is 16.5. The molecule has 180 valence electrons. The van der Waals surface area contributed by atoms with Crippen molar-refractivity contribution in [3.8, 4) is 17.2 Å². The van der Waals surface area contributed by atoms with Gasteiger partial charge < -0.3 is 19.3 Å². The van der Waals surface area contributed by atoms with Crippen LogP contribution in [-0.2, 0) is 9.53 Å². The number of pyridine rings is 1. The Labute approximate surface area is 196 Å². The molecule has 3 atom stereocenters. The molecule has 1 N–H and O–H groups in total. The quantitative estimate of drug-likeness (QED) is 0.368. The fourth-order valence-electron chi connectivity index (χ4n) is 3.87. The number of carbonyl (C=O) groups excluding carboxylic acids is 2. The second-order valence-electron chi connectivity index (χ2n) is 8.89. The van der Waals surface area contributed by atoms with E-state index >= 15 is 0 Å². The number of hydrogen-bond donors (Lipinski definition) is 1. The van der Waals surface area contributed by atoms with E-state index in [2.05, 4.69) is 18.8 Å². The van der Waals surface area contributed by atoms with E-state index in [0.717, 1.165) is 11.3 Å². The Morgan fingerprint density at radius 2 is 1.64 bits per heavy atom. The van der Waals surface area contributed by atoms with Gasteiger partial charge in [0.15, 0.2) is 23.0 Å². The molecular weight excluding hydrogens is 422 g/mol. The molecule has 1 heterocycles. The number of aromatic hydroxyl groups is 1.